The summed E-state index contributed by atoms with van der Waals surface area (Å²) in [5, 5.41) is 3.13. The third kappa shape index (κ3) is 3.88. The zero-order chi connectivity index (χ0) is 16.1. The molecule has 0 spiro atoms. The number of nitrogens with one attached hydrogen (secondary N) is 1. The van der Waals surface area contributed by atoms with Crippen LogP contribution in [0.3, 0.4) is 0 Å². The van der Waals surface area contributed by atoms with Crippen molar-refractivity contribution in [1.29, 1.82) is 0 Å². The molecule has 1 fully saturated rings. The van der Waals surface area contributed by atoms with Crippen LogP contribution < -0.4 is 5.32 Å². The molecule has 1 aliphatic rings. The van der Waals surface area contributed by atoms with Gasteiger partial charge in [0.25, 0.3) is 0 Å². The number of hydrogen-bond acceptors (Lipinski definition) is 4. The van der Waals surface area contributed by atoms with Crippen molar-refractivity contribution >= 4 is 17.1 Å². The molecule has 1 saturated carbocycles. The van der Waals surface area contributed by atoms with E-state index < -0.39 is 0 Å². The number of nitrogens with zero attached hydrogens (tertiary/aromatic N) is 3. The first-order valence-electron chi connectivity index (χ1n) is 8.36. The first-order chi connectivity index (χ1) is 11.3. The maximum absolute atomic E-state index is 12.1. The molecule has 1 aliphatic carbocycles. The van der Waals surface area contributed by atoms with Gasteiger partial charge in [-0.05, 0) is 25.0 Å². The van der Waals surface area contributed by atoms with Gasteiger partial charge in [0.15, 0.2) is 5.65 Å². The number of aromatic nitrogens is 3. The van der Waals surface area contributed by atoms with Gasteiger partial charge in [-0.2, -0.15) is 0 Å². The van der Waals surface area contributed by atoms with Crippen molar-refractivity contribution in [3.8, 4) is 0 Å². The van der Waals surface area contributed by atoms with Crippen LogP contribution in [0.5, 0.6) is 0 Å². The average Bonchev–Trinajstić information content (AvgIpc) is 3.18. The molecule has 1 amide bonds. The topological polar surface area (TPSA) is 69.0 Å². The Balaban J connectivity index is 1.67. The quantitative estimate of drug-likeness (QED) is 0.849. The van der Waals surface area contributed by atoms with Gasteiger partial charge < -0.3 is 14.6 Å². The summed E-state index contributed by atoms with van der Waals surface area (Å²) in [5.41, 5.74) is 1.73. The number of amides is 1. The molecule has 124 valence electrons. The van der Waals surface area contributed by atoms with Crippen LogP contribution >= 0.6 is 0 Å². The molecule has 6 heteroatoms. The molecule has 0 atom stereocenters. The standard InChI is InChI=1S/C17H24N4O2/c1-23-12-11-21-15(20-14-7-4-10-18-17(14)21)8-9-16(22)19-13-5-2-3-6-13/h4,7,10,13H,2-3,5-6,8-9,11-12H2,1H3,(H,19,22). The van der Waals surface area contributed by atoms with Crippen LogP contribution in [-0.4, -0.2) is 40.2 Å². The average molecular weight is 316 g/mol. The predicted molar refractivity (Wildman–Crippen MR) is 88.1 cm³/mol. The highest BCUT2D eigenvalue weighted by Gasteiger charge is 2.18. The number of rotatable bonds is 7. The summed E-state index contributed by atoms with van der Waals surface area (Å²) >= 11 is 0. The van der Waals surface area contributed by atoms with Crippen LogP contribution in [0.2, 0.25) is 0 Å². The zero-order valence-corrected chi connectivity index (χ0v) is 13.6. The minimum Gasteiger partial charge on any atom is -0.383 e. The smallest absolute Gasteiger partial charge is 0.220 e. The molecule has 0 aliphatic heterocycles. The van der Waals surface area contributed by atoms with Gasteiger partial charge in [0.05, 0.1) is 6.61 Å². The van der Waals surface area contributed by atoms with Gasteiger partial charge in [-0.25, -0.2) is 9.97 Å². The van der Waals surface area contributed by atoms with Gasteiger partial charge in [-0.1, -0.05) is 12.8 Å². The molecular formula is C17H24N4O2. The van der Waals surface area contributed by atoms with Gasteiger partial charge in [0, 0.05) is 38.7 Å². The van der Waals surface area contributed by atoms with Crippen molar-refractivity contribution in [3.05, 3.63) is 24.2 Å². The van der Waals surface area contributed by atoms with Crippen molar-refractivity contribution in [2.24, 2.45) is 0 Å². The Labute approximate surface area is 136 Å². The van der Waals surface area contributed by atoms with E-state index in [4.69, 9.17) is 4.74 Å². The number of aryl methyl sites for hydroxylation is 1. The molecule has 2 heterocycles. The number of hydrogen-bond donors (Lipinski definition) is 1. The van der Waals surface area contributed by atoms with E-state index >= 15 is 0 Å². The van der Waals surface area contributed by atoms with Crippen molar-refractivity contribution < 1.29 is 9.53 Å². The fourth-order valence-electron chi connectivity index (χ4n) is 3.21. The highest BCUT2D eigenvalue weighted by Crippen LogP contribution is 2.18. The Morgan fingerprint density at radius 2 is 2.26 bits per heavy atom. The van der Waals surface area contributed by atoms with Crippen LogP contribution in [0, 0.1) is 0 Å². The van der Waals surface area contributed by atoms with Crippen LogP contribution in [0.25, 0.3) is 11.2 Å². The summed E-state index contributed by atoms with van der Waals surface area (Å²) in [6, 6.07) is 4.21. The van der Waals surface area contributed by atoms with Gasteiger partial charge >= 0.3 is 0 Å². The number of carbonyl (C=O) groups is 1. The van der Waals surface area contributed by atoms with E-state index in [0.29, 0.717) is 32.0 Å². The third-order valence-electron chi connectivity index (χ3n) is 4.40. The Morgan fingerprint density at radius 3 is 3.04 bits per heavy atom. The van der Waals surface area contributed by atoms with Crippen LogP contribution in [0.1, 0.15) is 37.9 Å². The van der Waals surface area contributed by atoms with Crippen LogP contribution in [0.4, 0.5) is 0 Å². The number of fused-ring (bicyclic) bond motifs is 1. The first kappa shape index (κ1) is 15.9. The van der Waals surface area contributed by atoms with Crippen LogP contribution in [-0.2, 0) is 22.5 Å². The maximum Gasteiger partial charge on any atom is 0.220 e. The predicted octanol–water partition coefficient (Wildman–Crippen LogP) is 2.07. The van der Waals surface area contributed by atoms with Crippen molar-refractivity contribution in [2.75, 3.05) is 13.7 Å². The monoisotopic (exact) mass is 316 g/mol. The summed E-state index contributed by atoms with van der Waals surface area (Å²) < 4.78 is 7.23. The highest BCUT2D eigenvalue weighted by molar-refractivity contribution is 5.77. The van der Waals surface area contributed by atoms with Gasteiger partial charge in [-0.15, -0.1) is 0 Å². The van der Waals surface area contributed by atoms with E-state index in [1.807, 2.05) is 12.1 Å². The van der Waals surface area contributed by atoms with Gasteiger partial charge in [0.1, 0.15) is 11.3 Å². The lowest BCUT2D eigenvalue weighted by Crippen LogP contribution is -2.32. The summed E-state index contributed by atoms with van der Waals surface area (Å²) in [6.45, 7) is 1.30. The van der Waals surface area contributed by atoms with Gasteiger partial charge in [-0.3, -0.25) is 4.79 Å². The lowest BCUT2D eigenvalue weighted by Gasteiger charge is -2.12. The van der Waals surface area contributed by atoms with E-state index in [1.165, 1.54) is 12.8 Å². The third-order valence-corrected chi connectivity index (χ3v) is 4.40. The van der Waals surface area contributed by atoms with Crippen LogP contribution in [0.15, 0.2) is 18.3 Å². The van der Waals surface area contributed by atoms with Crippen molar-refractivity contribution in [2.45, 2.75) is 51.1 Å². The minimum absolute atomic E-state index is 0.121. The Hall–Kier alpha value is -1.95. The Morgan fingerprint density at radius 1 is 1.43 bits per heavy atom. The zero-order valence-electron chi connectivity index (χ0n) is 13.6. The molecule has 0 radical (unpaired) electrons. The van der Waals surface area contributed by atoms with Crippen molar-refractivity contribution in [1.82, 2.24) is 19.9 Å². The number of pyridine rings is 1. The van der Waals surface area contributed by atoms with E-state index in [2.05, 4.69) is 19.9 Å². The van der Waals surface area contributed by atoms with E-state index in [1.54, 1.807) is 13.3 Å². The largest absolute Gasteiger partial charge is 0.383 e. The van der Waals surface area contributed by atoms with Gasteiger partial charge in [0.2, 0.25) is 5.91 Å². The Kier molecular flexibility index (Phi) is 5.23. The summed E-state index contributed by atoms with van der Waals surface area (Å²) in [5.74, 6) is 1.02. The molecule has 23 heavy (non-hydrogen) atoms. The minimum atomic E-state index is 0.121. The molecule has 0 unspecified atom stereocenters. The molecule has 6 nitrogen and oxygen atoms in total. The lowest BCUT2D eigenvalue weighted by atomic mass is 10.2. The maximum atomic E-state index is 12.1. The lowest BCUT2D eigenvalue weighted by molar-refractivity contribution is -0.121. The summed E-state index contributed by atoms with van der Waals surface area (Å²) in [7, 11) is 1.68. The summed E-state index contributed by atoms with van der Waals surface area (Å²) in [4.78, 5) is 21.2. The first-order valence-corrected chi connectivity index (χ1v) is 8.36. The van der Waals surface area contributed by atoms with E-state index in [-0.39, 0.29) is 5.91 Å². The SMILES string of the molecule is COCCn1c(CCC(=O)NC2CCCC2)nc2cccnc21. The molecule has 3 rings (SSSR count). The molecule has 0 bridgehead atoms. The molecule has 0 saturated heterocycles. The van der Waals surface area contributed by atoms with E-state index in [0.717, 1.165) is 29.8 Å². The fourth-order valence-corrected chi connectivity index (χ4v) is 3.21. The molecule has 0 aromatic carbocycles. The molecule has 2 aromatic rings. The molecular weight excluding hydrogens is 292 g/mol. The highest BCUT2D eigenvalue weighted by atomic mass is 16.5. The Bertz CT molecular complexity index is 662. The second-order valence-corrected chi connectivity index (χ2v) is 6.07. The van der Waals surface area contributed by atoms with Crippen molar-refractivity contribution in [3.63, 3.8) is 0 Å². The molecule has 2 aromatic heterocycles. The number of methoxy groups -OCH3 is 1. The second-order valence-electron chi connectivity index (χ2n) is 6.07. The number of imidazole rings is 1. The number of carbonyl (C=O) groups excluding carboxylic acids is 1. The number of ether oxygens (including phenoxy) is 1. The second kappa shape index (κ2) is 7.55. The normalized spacial score (nSPS) is 15.3. The van der Waals surface area contributed by atoms with E-state index in [9.17, 15) is 4.79 Å². The summed E-state index contributed by atoms with van der Waals surface area (Å²) in [6.07, 6.45) is 7.53. The molecule has 1 N–H and O–H groups in total. The fraction of sp³-hybridized carbons (Fsp3) is 0.588.